The average Bonchev–Trinajstić information content (AvgIpc) is 2.71. The lowest BCUT2D eigenvalue weighted by Crippen LogP contribution is -2.43. The summed E-state index contributed by atoms with van der Waals surface area (Å²) in [4.78, 5) is 9.22. The predicted molar refractivity (Wildman–Crippen MR) is 118 cm³/mol. The van der Waals surface area contributed by atoms with Gasteiger partial charge in [0.25, 0.3) is 0 Å². The molecule has 6 nitrogen and oxygen atoms in total. The fourth-order valence-electron chi connectivity index (χ4n) is 3.82. The highest BCUT2D eigenvalue weighted by molar-refractivity contribution is 5.79. The third kappa shape index (κ3) is 6.99. The van der Waals surface area contributed by atoms with Gasteiger partial charge in [-0.25, -0.2) is 0 Å². The molecule has 0 spiro atoms. The van der Waals surface area contributed by atoms with Crippen molar-refractivity contribution < 1.29 is 4.74 Å². The Morgan fingerprint density at radius 3 is 2.61 bits per heavy atom. The van der Waals surface area contributed by atoms with Crippen molar-refractivity contribution in [2.24, 2.45) is 4.99 Å². The summed E-state index contributed by atoms with van der Waals surface area (Å²) < 4.78 is 5.27. The van der Waals surface area contributed by atoms with Crippen molar-refractivity contribution in [1.82, 2.24) is 20.4 Å². The smallest absolute Gasteiger partial charge is 0.191 e. The van der Waals surface area contributed by atoms with Gasteiger partial charge in [0, 0.05) is 32.7 Å². The normalized spacial score (nSPS) is 19.5. The molecule has 1 fully saturated rings. The van der Waals surface area contributed by atoms with E-state index in [0.29, 0.717) is 0 Å². The predicted octanol–water partition coefficient (Wildman–Crippen LogP) is 2.73. The number of guanidine groups is 1. The first-order chi connectivity index (χ1) is 13.5. The number of likely N-dealkylation sites (N-methyl/N-ethyl adjacent to an activating group) is 1. The second kappa shape index (κ2) is 11.9. The lowest BCUT2D eigenvalue weighted by Gasteiger charge is -2.33. The molecule has 0 bridgehead atoms. The van der Waals surface area contributed by atoms with Crippen LogP contribution in [0.3, 0.4) is 0 Å². The minimum atomic E-state index is 0.263. The number of benzene rings is 1. The molecule has 2 N–H and O–H groups in total. The van der Waals surface area contributed by atoms with E-state index in [0.717, 1.165) is 43.8 Å². The van der Waals surface area contributed by atoms with Crippen LogP contribution in [0.15, 0.2) is 29.3 Å². The van der Waals surface area contributed by atoms with E-state index >= 15 is 0 Å². The van der Waals surface area contributed by atoms with Crippen LogP contribution in [-0.2, 0) is 0 Å². The zero-order valence-electron chi connectivity index (χ0n) is 18.4. The van der Waals surface area contributed by atoms with Gasteiger partial charge in [0.1, 0.15) is 5.75 Å². The second-order valence-electron chi connectivity index (χ2n) is 7.87. The maximum atomic E-state index is 5.27. The van der Waals surface area contributed by atoms with Crippen LogP contribution in [0.5, 0.6) is 5.75 Å². The summed E-state index contributed by atoms with van der Waals surface area (Å²) in [6.07, 6.45) is 5.21. The van der Waals surface area contributed by atoms with E-state index in [1.807, 2.05) is 19.2 Å². The number of hydrogen-bond donors (Lipinski definition) is 2. The first kappa shape index (κ1) is 22.5. The maximum absolute atomic E-state index is 5.27. The Hall–Kier alpha value is -1.79. The van der Waals surface area contributed by atoms with Gasteiger partial charge in [0.15, 0.2) is 5.96 Å². The number of rotatable bonds is 9. The molecule has 2 unspecified atom stereocenters. The first-order valence-corrected chi connectivity index (χ1v) is 10.5. The van der Waals surface area contributed by atoms with E-state index in [2.05, 4.69) is 58.6 Å². The molecule has 0 aliphatic carbocycles. The average molecular weight is 390 g/mol. The highest BCUT2D eigenvalue weighted by Crippen LogP contribution is 2.20. The molecule has 0 radical (unpaired) electrons. The van der Waals surface area contributed by atoms with Crippen LogP contribution < -0.4 is 15.4 Å². The standard InChI is InChI=1S/C22H39N5O/c1-18-9-6-7-15-27(18)16-8-14-24-22(23-2)25-17-21(26(3)4)19-10-12-20(28-5)13-11-19/h10-13,18,21H,6-9,14-17H2,1-5H3,(H2,23,24,25). The number of methoxy groups -OCH3 is 1. The molecule has 6 heteroatoms. The molecular weight excluding hydrogens is 350 g/mol. The Morgan fingerprint density at radius 1 is 1.25 bits per heavy atom. The van der Waals surface area contributed by atoms with Gasteiger partial charge in [-0.1, -0.05) is 18.6 Å². The summed E-state index contributed by atoms with van der Waals surface area (Å²) in [6.45, 7) is 6.51. The molecule has 2 atom stereocenters. The molecule has 0 amide bonds. The lowest BCUT2D eigenvalue weighted by molar-refractivity contribution is 0.159. The summed E-state index contributed by atoms with van der Waals surface area (Å²) >= 11 is 0. The molecule has 1 aromatic carbocycles. The highest BCUT2D eigenvalue weighted by atomic mass is 16.5. The van der Waals surface area contributed by atoms with Gasteiger partial charge in [-0.3, -0.25) is 4.99 Å². The molecule has 0 saturated carbocycles. The molecule has 1 aromatic rings. The number of hydrogen-bond acceptors (Lipinski definition) is 4. The summed E-state index contributed by atoms with van der Waals surface area (Å²) in [5.74, 6) is 1.75. The van der Waals surface area contributed by atoms with Crippen LogP contribution in [0.4, 0.5) is 0 Å². The van der Waals surface area contributed by atoms with Crippen LogP contribution in [0, 0.1) is 0 Å². The molecule has 1 aliphatic rings. The molecule has 1 saturated heterocycles. The molecule has 0 aromatic heterocycles. The van der Waals surface area contributed by atoms with Crippen molar-refractivity contribution >= 4 is 5.96 Å². The Kier molecular flexibility index (Phi) is 9.58. The fraction of sp³-hybridized carbons (Fsp3) is 0.682. The quantitative estimate of drug-likeness (QED) is 0.386. The third-order valence-electron chi connectivity index (χ3n) is 5.67. The van der Waals surface area contributed by atoms with Gasteiger partial charge in [0.05, 0.1) is 13.2 Å². The van der Waals surface area contributed by atoms with Crippen molar-refractivity contribution in [2.45, 2.75) is 44.7 Å². The molecule has 1 aliphatic heterocycles. The highest BCUT2D eigenvalue weighted by Gasteiger charge is 2.17. The van der Waals surface area contributed by atoms with Gasteiger partial charge in [-0.05, 0) is 64.5 Å². The van der Waals surface area contributed by atoms with Crippen molar-refractivity contribution in [3.8, 4) is 5.75 Å². The van der Waals surface area contributed by atoms with Crippen molar-refractivity contribution in [2.75, 3.05) is 54.4 Å². The zero-order chi connectivity index (χ0) is 20.4. The first-order valence-electron chi connectivity index (χ1n) is 10.5. The van der Waals surface area contributed by atoms with Crippen molar-refractivity contribution in [3.63, 3.8) is 0 Å². The van der Waals surface area contributed by atoms with Gasteiger partial charge >= 0.3 is 0 Å². The van der Waals surface area contributed by atoms with Crippen LogP contribution >= 0.6 is 0 Å². The van der Waals surface area contributed by atoms with E-state index in [1.54, 1.807) is 7.11 Å². The number of nitrogens with one attached hydrogen (secondary N) is 2. The molecule has 2 rings (SSSR count). The van der Waals surface area contributed by atoms with Crippen LogP contribution in [0.25, 0.3) is 0 Å². The van der Waals surface area contributed by atoms with Crippen LogP contribution in [0.2, 0.25) is 0 Å². The zero-order valence-corrected chi connectivity index (χ0v) is 18.4. The Balaban J connectivity index is 1.77. The fourth-order valence-corrected chi connectivity index (χ4v) is 3.82. The van der Waals surface area contributed by atoms with Crippen molar-refractivity contribution in [1.29, 1.82) is 0 Å². The van der Waals surface area contributed by atoms with E-state index in [1.165, 1.54) is 31.4 Å². The minimum absolute atomic E-state index is 0.263. The summed E-state index contributed by atoms with van der Waals surface area (Å²) in [7, 11) is 7.74. The molecule has 1 heterocycles. The largest absolute Gasteiger partial charge is 0.497 e. The second-order valence-corrected chi connectivity index (χ2v) is 7.87. The van der Waals surface area contributed by atoms with E-state index in [9.17, 15) is 0 Å². The van der Waals surface area contributed by atoms with E-state index < -0.39 is 0 Å². The van der Waals surface area contributed by atoms with Crippen LogP contribution in [0.1, 0.15) is 44.2 Å². The number of likely N-dealkylation sites (tertiary alicyclic amines) is 1. The topological polar surface area (TPSA) is 52.1 Å². The number of ether oxygens (including phenoxy) is 1. The molecule has 28 heavy (non-hydrogen) atoms. The van der Waals surface area contributed by atoms with Gasteiger partial charge in [0.2, 0.25) is 0 Å². The molecule has 158 valence electrons. The summed E-state index contributed by atoms with van der Waals surface area (Å²) in [5.41, 5.74) is 1.26. The lowest BCUT2D eigenvalue weighted by atomic mass is 10.0. The van der Waals surface area contributed by atoms with Gasteiger partial charge < -0.3 is 25.2 Å². The van der Waals surface area contributed by atoms with Gasteiger partial charge in [-0.15, -0.1) is 0 Å². The monoisotopic (exact) mass is 389 g/mol. The van der Waals surface area contributed by atoms with Gasteiger partial charge in [-0.2, -0.15) is 0 Å². The number of nitrogens with zero attached hydrogens (tertiary/aromatic N) is 3. The van der Waals surface area contributed by atoms with E-state index in [4.69, 9.17) is 4.74 Å². The Morgan fingerprint density at radius 2 is 2.00 bits per heavy atom. The Bertz CT molecular complexity index is 587. The van der Waals surface area contributed by atoms with Crippen LogP contribution in [-0.4, -0.2) is 76.2 Å². The summed E-state index contributed by atoms with van der Waals surface area (Å²) in [5, 5.41) is 6.94. The van der Waals surface area contributed by atoms with E-state index in [-0.39, 0.29) is 6.04 Å². The molecular formula is C22H39N5O. The summed E-state index contributed by atoms with van der Waals surface area (Å²) in [6, 6.07) is 9.28. The SMILES string of the molecule is CN=C(NCCCN1CCCCC1C)NCC(c1ccc(OC)cc1)N(C)C. The van der Waals surface area contributed by atoms with Crippen molar-refractivity contribution in [3.05, 3.63) is 29.8 Å². The third-order valence-corrected chi connectivity index (χ3v) is 5.67. The minimum Gasteiger partial charge on any atom is -0.497 e. The number of piperidine rings is 1. The number of aliphatic imine (C=N–C) groups is 1. The Labute approximate surface area is 171 Å². The maximum Gasteiger partial charge on any atom is 0.191 e.